The van der Waals surface area contributed by atoms with Crippen LogP contribution in [0.5, 0.6) is 0 Å². The Morgan fingerprint density at radius 2 is 2.35 bits per heavy atom. The number of aryl methyl sites for hydroxylation is 1. The Bertz CT molecular complexity index is 474. The van der Waals surface area contributed by atoms with Crippen molar-refractivity contribution in [3.63, 3.8) is 0 Å². The van der Waals surface area contributed by atoms with Crippen LogP contribution < -0.4 is 10.5 Å². The number of rotatable bonds is 3. The maximum atomic E-state index is 11.2. The van der Waals surface area contributed by atoms with Crippen LogP contribution in [0.4, 0.5) is 0 Å². The van der Waals surface area contributed by atoms with E-state index in [0.717, 1.165) is 18.8 Å². The fourth-order valence-corrected chi connectivity index (χ4v) is 3.02. The molecule has 1 aromatic heterocycles. The maximum absolute atomic E-state index is 11.2. The number of nitrogens with zero attached hydrogens (tertiary/aromatic N) is 2. The highest BCUT2D eigenvalue weighted by atomic mass is 32.2. The zero-order chi connectivity index (χ0) is 12.5. The fourth-order valence-electron chi connectivity index (χ4n) is 2.23. The Morgan fingerprint density at radius 1 is 1.59 bits per heavy atom. The molecule has 6 nitrogen and oxygen atoms in total. The van der Waals surface area contributed by atoms with Gasteiger partial charge in [0.25, 0.3) is 0 Å². The molecule has 3 N–H and O–H groups in total. The lowest BCUT2D eigenvalue weighted by molar-refractivity contribution is 0.384. The molecule has 2 heterocycles. The summed E-state index contributed by atoms with van der Waals surface area (Å²) in [7, 11) is -3.42. The molecule has 2 atom stereocenters. The Hall–Kier alpha value is -0.920. The highest BCUT2D eigenvalue weighted by Crippen LogP contribution is 2.23. The molecule has 0 radical (unpaired) electrons. The Labute approximate surface area is 101 Å². The average molecular weight is 258 g/mol. The monoisotopic (exact) mass is 258 g/mol. The largest absolute Gasteiger partial charge is 0.334 e. The number of nitrogens with two attached hydrogens (primary N) is 1. The first kappa shape index (κ1) is 12.5. The van der Waals surface area contributed by atoms with Crippen molar-refractivity contribution in [3.05, 3.63) is 18.2 Å². The molecular weight excluding hydrogens is 240 g/mol. The number of nitrogens with one attached hydrogen (secondary N) is 1. The second kappa shape index (κ2) is 4.75. The second-order valence-corrected chi connectivity index (χ2v) is 6.17. The quantitative estimate of drug-likeness (QED) is 0.797. The highest BCUT2D eigenvalue weighted by molar-refractivity contribution is 7.89. The molecule has 0 spiro atoms. The predicted octanol–water partition coefficient (Wildman–Crippen LogP) is -0.0154. The summed E-state index contributed by atoms with van der Waals surface area (Å²) >= 11 is 0. The molecule has 17 heavy (non-hydrogen) atoms. The van der Waals surface area contributed by atoms with E-state index in [0.29, 0.717) is 13.0 Å². The minimum Gasteiger partial charge on any atom is -0.334 e. The number of imidazole rings is 1. The predicted molar refractivity (Wildman–Crippen MR) is 64.8 cm³/mol. The molecule has 1 saturated heterocycles. The van der Waals surface area contributed by atoms with Gasteiger partial charge >= 0.3 is 0 Å². The van der Waals surface area contributed by atoms with E-state index < -0.39 is 15.3 Å². The van der Waals surface area contributed by atoms with Crippen LogP contribution in [0.2, 0.25) is 0 Å². The summed E-state index contributed by atoms with van der Waals surface area (Å²) in [6, 6.07) is 0.128. The summed E-state index contributed by atoms with van der Waals surface area (Å²) in [4.78, 5) is 4.32. The molecule has 1 fully saturated rings. The molecule has 0 amide bonds. The molecule has 7 heteroatoms. The van der Waals surface area contributed by atoms with Crippen molar-refractivity contribution in [1.29, 1.82) is 0 Å². The van der Waals surface area contributed by atoms with Crippen LogP contribution in [-0.4, -0.2) is 29.8 Å². The van der Waals surface area contributed by atoms with Crippen LogP contribution in [0.3, 0.4) is 0 Å². The summed E-state index contributed by atoms with van der Waals surface area (Å²) in [5.41, 5.74) is 0. The summed E-state index contributed by atoms with van der Waals surface area (Å²) in [6.07, 6.45) is 5.04. The Balaban J connectivity index is 2.05. The van der Waals surface area contributed by atoms with Crippen LogP contribution in [0.1, 0.15) is 31.6 Å². The van der Waals surface area contributed by atoms with Crippen molar-refractivity contribution in [2.24, 2.45) is 5.14 Å². The minimum atomic E-state index is -3.42. The van der Waals surface area contributed by atoms with E-state index in [1.165, 1.54) is 0 Å². The van der Waals surface area contributed by atoms with Gasteiger partial charge in [-0.3, -0.25) is 0 Å². The van der Waals surface area contributed by atoms with Crippen molar-refractivity contribution in [3.8, 4) is 0 Å². The van der Waals surface area contributed by atoms with Gasteiger partial charge in [-0.25, -0.2) is 18.5 Å². The average Bonchev–Trinajstić information content (AvgIpc) is 2.76. The van der Waals surface area contributed by atoms with Crippen molar-refractivity contribution in [2.75, 3.05) is 6.54 Å². The van der Waals surface area contributed by atoms with Gasteiger partial charge in [0.05, 0.1) is 11.3 Å². The van der Waals surface area contributed by atoms with Crippen LogP contribution >= 0.6 is 0 Å². The first-order valence-electron chi connectivity index (χ1n) is 5.78. The van der Waals surface area contributed by atoms with E-state index in [1.54, 1.807) is 6.20 Å². The highest BCUT2D eigenvalue weighted by Gasteiger charge is 2.30. The molecule has 1 aliphatic heterocycles. The maximum Gasteiger partial charge on any atom is 0.213 e. The Morgan fingerprint density at radius 3 is 2.88 bits per heavy atom. The molecule has 0 bridgehead atoms. The van der Waals surface area contributed by atoms with E-state index >= 15 is 0 Å². The van der Waals surface area contributed by atoms with Crippen LogP contribution in [0.15, 0.2) is 12.4 Å². The van der Waals surface area contributed by atoms with E-state index in [1.807, 2.05) is 6.20 Å². The summed E-state index contributed by atoms with van der Waals surface area (Å²) in [5, 5.41) is 7.88. The summed E-state index contributed by atoms with van der Waals surface area (Å²) in [6.45, 7) is 3.33. The summed E-state index contributed by atoms with van der Waals surface area (Å²) < 4.78 is 24.5. The number of piperidine rings is 1. The van der Waals surface area contributed by atoms with E-state index in [-0.39, 0.29) is 6.04 Å². The number of hydrogen-bond donors (Lipinski definition) is 2. The fraction of sp³-hybridized carbons (Fsp3) is 0.700. The molecule has 0 saturated carbocycles. The van der Waals surface area contributed by atoms with Gasteiger partial charge in [0, 0.05) is 25.5 Å². The van der Waals surface area contributed by atoms with Gasteiger partial charge in [-0.1, -0.05) is 0 Å². The number of sulfonamides is 1. The third-order valence-electron chi connectivity index (χ3n) is 3.23. The van der Waals surface area contributed by atoms with Gasteiger partial charge < -0.3 is 9.88 Å². The van der Waals surface area contributed by atoms with Crippen molar-refractivity contribution in [2.45, 2.75) is 37.6 Å². The van der Waals surface area contributed by atoms with E-state index in [4.69, 9.17) is 5.14 Å². The zero-order valence-electron chi connectivity index (χ0n) is 9.83. The lowest BCUT2D eigenvalue weighted by Crippen LogP contribution is -2.43. The molecule has 0 aromatic carbocycles. The third-order valence-corrected chi connectivity index (χ3v) is 4.57. The first-order valence-corrected chi connectivity index (χ1v) is 7.39. The van der Waals surface area contributed by atoms with Crippen molar-refractivity contribution >= 4 is 10.0 Å². The topological polar surface area (TPSA) is 90.0 Å². The molecule has 1 aromatic rings. The number of aromatic nitrogens is 2. The molecule has 96 valence electrons. The smallest absolute Gasteiger partial charge is 0.213 e. The van der Waals surface area contributed by atoms with Crippen molar-refractivity contribution in [1.82, 2.24) is 14.9 Å². The normalized spacial score (nSPS) is 26.0. The first-order chi connectivity index (χ1) is 8.02. The van der Waals surface area contributed by atoms with Gasteiger partial charge in [-0.15, -0.1) is 0 Å². The lowest BCUT2D eigenvalue weighted by Gasteiger charge is -2.28. The third kappa shape index (κ3) is 2.67. The standard InChI is InChI=1S/C10H18N4O2S/c1-2-14-6-5-12-10(14)9-4-3-8(7-13-9)17(11,15)16/h5-6,8-9,13H,2-4,7H2,1H3,(H2,11,15,16). The molecule has 0 aliphatic carbocycles. The van der Waals surface area contributed by atoms with Gasteiger partial charge in [-0.2, -0.15) is 0 Å². The van der Waals surface area contributed by atoms with Gasteiger partial charge in [0.1, 0.15) is 5.82 Å². The van der Waals surface area contributed by atoms with Crippen LogP contribution in [-0.2, 0) is 16.6 Å². The van der Waals surface area contributed by atoms with Gasteiger partial charge in [0.15, 0.2) is 0 Å². The molecule has 2 unspecified atom stereocenters. The Kier molecular flexibility index (Phi) is 3.50. The van der Waals surface area contributed by atoms with Gasteiger partial charge in [-0.05, 0) is 19.8 Å². The molecular formula is C10H18N4O2S. The number of hydrogen-bond acceptors (Lipinski definition) is 4. The minimum absolute atomic E-state index is 0.128. The second-order valence-electron chi connectivity index (χ2n) is 4.32. The molecule has 2 rings (SSSR count). The SMILES string of the molecule is CCn1ccnc1C1CCC(S(N)(=O)=O)CN1. The van der Waals surface area contributed by atoms with Crippen LogP contribution in [0, 0.1) is 0 Å². The summed E-state index contributed by atoms with van der Waals surface area (Å²) in [5.74, 6) is 0.973. The van der Waals surface area contributed by atoms with E-state index in [9.17, 15) is 8.42 Å². The number of primary sulfonamides is 1. The zero-order valence-corrected chi connectivity index (χ0v) is 10.7. The molecule has 1 aliphatic rings. The van der Waals surface area contributed by atoms with Gasteiger partial charge in [0.2, 0.25) is 10.0 Å². The van der Waals surface area contributed by atoms with Crippen molar-refractivity contribution < 1.29 is 8.42 Å². The van der Waals surface area contributed by atoms with Crippen LogP contribution in [0.25, 0.3) is 0 Å². The lowest BCUT2D eigenvalue weighted by atomic mass is 10.0. The van der Waals surface area contributed by atoms with E-state index in [2.05, 4.69) is 21.8 Å².